The van der Waals surface area contributed by atoms with E-state index < -0.39 is 0 Å². The highest BCUT2D eigenvalue weighted by Gasteiger charge is 2.20. The minimum atomic E-state index is -0.352. The summed E-state index contributed by atoms with van der Waals surface area (Å²) < 4.78 is 11.9. The van der Waals surface area contributed by atoms with Gasteiger partial charge in [0, 0.05) is 66.7 Å². The number of pyridine rings is 1. The minimum absolute atomic E-state index is 0.0124. The van der Waals surface area contributed by atoms with Crippen molar-refractivity contribution < 1.29 is 9.53 Å². The lowest BCUT2D eigenvalue weighted by Gasteiger charge is -2.35. The number of carbonyl (C=O) groups is 1. The second kappa shape index (κ2) is 12.9. The van der Waals surface area contributed by atoms with Crippen LogP contribution in [0.3, 0.4) is 0 Å². The standard InChI is InChI=1S/C32H32N4O3S/c1-24(32(38)39-2)33-40-36-20-18-34(19-21-36)29-14-11-25(12-15-29)8-9-26-10-13-28-16-17-35(31(37)30(28)22-26)23-27-6-4-3-5-7-27/h3-7,10-17,22,24,33H,18-21,23H2,1-2H3/t24-/m1/s1. The molecular weight excluding hydrogens is 520 g/mol. The Hall–Kier alpha value is -4.03. The van der Waals surface area contributed by atoms with Crippen molar-refractivity contribution in [3.8, 4) is 11.8 Å². The van der Waals surface area contributed by atoms with Gasteiger partial charge < -0.3 is 14.2 Å². The van der Waals surface area contributed by atoms with Crippen molar-refractivity contribution in [2.75, 3.05) is 38.2 Å². The Kier molecular flexibility index (Phi) is 8.87. The van der Waals surface area contributed by atoms with Gasteiger partial charge in [-0.25, -0.2) is 9.03 Å². The maximum absolute atomic E-state index is 13.2. The lowest BCUT2D eigenvalue weighted by Crippen LogP contribution is -2.45. The zero-order valence-electron chi connectivity index (χ0n) is 22.7. The molecule has 4 aromatic rings. The van der Waals surface area contributed by atoms with Crippen LogP contribution in [-0.2, 0) is 16.1 Å². The molecule has 0 amide bonds. The Morgan fingerprint density at radius 3 is 2.38 bits per heavy atom. The van der Waals surface area contributed by atoms with Crippen LogP contribution >= 0.6 is 12.1 Å². The van der Waals surface area contributed by atoms with Crippen molar-refractivity contribution in [2.45, 2.75) is 19.5 Å². The molecule has 5 rings (SSSR count). The van der Waals surface area contributed by atoms with E-state index in [-0.39, 0.29) is 17.6 Å². The predicted octanol–water partition coefficient (Wildman–Crippen LogP) is 4.29. The second-order valence-electron chi connectivity index (χ2n) is 9.70. The summed E-state index contributed by atoms with van der Waals surface area (Å²) in [5, 5.41) is 1.59. The Bertz CT molecular complexity index is 1580. The SMILES string of the molecule is COC(=O)[C@@H](C)NSN1CCN(c2ccc(C#Cc3ccc4ccn(Cc5ccccc5)c(=O)c4c3)cc2)CC1. The fourth-order valence-corrected chi connectivity index (χ4v) is 5.33. The van der Waals surface area contributed by atoms with E-state index in [4.69, 9.17) is 4.74 Å². The van der Waals surface area contributed by atoms with Crippen molar-refractivity contribution >= 4 is 34.6 Å². The monoisotopic (exact) mass is 552 g/mol. The molecular formula is C32H32N4O3S. The number of piperazine rings is 1. The molecule has 1 aliphatic rings. The number of benzene rings is 3. The number of methoxy groups -OCH3 is 1. The van der Waals surface area contributed by atoms with Crippen molar-refractivity contribution in [1.29, 1.82) is 0 Å². The summed E-state index contributed by atoms with van der Waals surface area (Å²) in [5.41, 5.74) is 3.98. The molecule has 1 aromatic heterocycles. The smallest absolute Gasteiger partial charge is 0.323 e. The Morgan fingerprint density at radius 1 is 0.950 bits per heavy atom. The van der Waals surface area contributed by atoms with Gasteiger partial charge in [-0.2, -0.15) is 0 Å². The number of fused-ring (bicyclic) bond motifs is 1. The summed E-state index contributed by atoms with van der Waals surface area (Å²) in [6.07, 6.45) is 1.85. The molecule has 1 atom stereocenters. The zero-order chi connectivity index (χ0) is 27.9. The molecule has 1 saturated heterocycles. The highest BCUT2D eigenvalue weighted by molar-refractivity contribution is 7.95. The van der Waals surface area contributed by atoms with E-state index >= 15 is 0 Å². The van der Waals surface area contributed by atoms with Gasteiger partial charge in [-0.15, -0.1) is 0 Å². The third kappa shape index (κ3) is 6.75. The quantitative estimate of drug-likeness (QED) is 0.209. The molecule has 0 unspecified atom stereocenters. The van der Waals surface area contributed by atoms with Gasteiger partial charge in [0.15, 0.2) is 0 Å². The van der Waals surface area contributed by atoms with E-state index in [2.05, 4.69) is 37.9 Å². The number of nitrogens with one attached hydrogen (secondary N) is 1. The first-order chi connectivity index (χ1) is 19.5. The normalized spacial score (nSPS) is 14.4. The third-order valence-corrected chi connectivity index (χ3v) is 7.99. The fraction of sp³-hybridized carbons (Fsp3) is 0.250. The summed E-state index contributed by atoms with van der Waals surface area (Å²) in [5.74, 6) is 6.20. The summed E-state index contributed by atoms with van der Waals surface area (Å²) in [6.45, 7) is 5.88. The van der Waals surface area contributed by atoms with E-state index in [9.17, 15) is 9.59 Å². The van der Waals surface area contributed by atoms with Crippen LogP contribution < -0.4 is 15.2 Å². The van der Waals surface area contributed by atoms with Gasteiger partial charge in [0.2, 0.25) is 0 Å². The van der Waals surface area contributed by atoms with Gasteiger partial charge in [0.25, 0.3) is 5.56 Å². The van der Waals surface area contributed by atoms with Crippen LogP contribution in [0.1, 0.15) is 23.6 Å². The number of nitrogens with zero attached hydrogens (tertiary/aromatic N) is 3. The van der Waals surface area contributed by atoms with Gasteiger partial charge in [0.1, 0.15) is 6.04 Å². The molecule has 204 valence electrons. The van der Waals surface area contributed by atoms with Gasteiger partial charge in [-0.1, -0.05) is 48.2 Å². The lowest BCUT2D eigenvalue weighted by atomic mass is 10.1. The largest absolute Gasteiger partial charge is 0.468 e. The maximum Gasteiger partial charge on any atom is 0.323 e. The number of ether oxygens (including phenoxy) is 1. The summed E-state index contributed by atoms with van der Waals surface area (Å²) in [6, 6.07) is 25.7. The van der Waals surface area contributed by atoms with Gasteiger partial charge in [-0.3, -0.25) is 9.59 Å². The first-order valence-electron chi connectivity index (χ1n) is 13.3. The predicted molar refractivity (Wildman–Crippen MR) is 162 cm³/mol. The first kappa shape index (κ1) is 27.5. The zero-order valence-corrected chi connectivity index (χ0v) is 23.5. The Labute approximate surface area is 239 Å². The Morgan fingerprint density at radius 2 is 1.65 bits per heavy atom. The van der Waals surface area contributed by atoms with Crippen LogP contribution in [0.4, 0.5) is 5.69 Å². The summed E-state index contributed by atoms with van der Waals surface area (Å²) in [4.78, 5) is 27.1. The van der Waals surface area contributed by atoms with E-state index in [1.54, 1.807) is 11.5 Å². The summed E-state index contributed by atoms with van der Waals surface area (Å²) >= 11 is 1.47. The Balaban J connectivity index is 1.21. The van der Waals surface area contributed by atoms with Crippen molar-refractivity contribution in [3.05, 3.63) is 112 Å². The molecule has 7 nitrogen and oxygen atoms in total. The number of hydrogen-bond donors (Lipinski definition) is 1. The number of hydrogen-bond acceptors (Lipinski definition) is 7. The molecule has 1 fully saturated rings. The molecule has 2 heterocycles. The average molecular weight is 553 g/mol. The van der Waals surface area contributed by atoms with Crippen LogP contribution in [0, 0.1) is 11.8 Å². The fourth-order valence-electron chi connectivity index (χ4n) is 4.58. The van der Waals surface area contributed by atoms with Crippen molar-refractivity contribution in [1.82, 2.24) is 13.6 Å². The number of carbonyl (C=O) groups excluding carboxylic acids is 1. The minimum Gasteiger partial charge on any atom is -0.468 e. The van der Waals surface area contributed by atoms with Crippen molar-refractivity contribution in [3.63, 3.8) is 0 Å². The maximum atomic E-state index is 13.2. The molecule has 0 bridgehead atoms. The molecule has 0 spiro atoms. The summed E-state index contributed by atoms with van der Waals surface area (Å²) in [7, 11) is 1.40. The molecule has 8 heteroatoms. The van der Waals surface area contributed by atoms with E-state index in [1.165, 1.54) is 19.2 Å². The van der Waals surface area contributed by atoms with E-state index in [0.717, 1.165) is 53.9 Å². The van der Waals surface area contributed by atoms with E-state index in [1.807, 2.05) is 72.9 Å². The van der Waals surface area contributed by atoms with Crippen LogP contribution in [-0.4, -0.2) is 54.2 Å². The van der Waals surface area contributed by atoms with Gasteiger partial charge in [0.05, 0.1) is 13.7 Å². The van der Waals surface area contributed by atoms with Crippen LogP contribution in [0.5, 0.6) is 0 Å². The number of anilines is 1. The van der Waals surface area contributed by atoms with E-state index in [0.29, 0.717) is 11.9 Å². The molecule has 0 saturated carbocycles. The molecule has 1 aliphatic heterocycles. The van der Waals surface area contributed by atoms with Crippen LogP contribution in [0.25, 0.3) is 10.8 Å². The highest BCUT2D eigenvalue weighted by Crippen LogP contribution is 2.20. The van der Waals surface area contributed by atoms with Gasteiger partial charge in [-0.05, 0) is 60.3 Å². The second-order valence-corrected chi connectivity index (χ2v) is 10.6. The molecule has 0 radical (unpaired) electrons. The number of rotatable bonds is 7. The topological polar surface area (TPSA) is 66.8 Å². The third-order valence-electron chi connectivity index (χ3n) is 6.91. The van der Waals surface area contributed by atoms with Gasteiger partial charge >= 0.3 is 5.97 Å². The molecule has 1 N–H and O–H groups in total. The number of esters is 1. The number of aromatic nitrogens is 1. The lowest BCUT2D eigenvalue weighted by molar-refractivity contribution is -0.142. The van der Waals surface area contributed by atoms with Crippen molar-refractivity contribution in [2.24, 2.45) is 0 Å². The van der Waals surface area contributed by atoms with Crippen LogP contribution in [0.2, 0.25) is 0 Å². The molecule has 40 heavy (non-hydrogen) atoms. The van der Waals surface area contributed by atoms with Crippen LogP contribution in [0.15, 0.2) is 89.9 Å². The molecule has 0 aliphatic carbocycles. The highest BCUT2D eigenvalue weighted by atomic mass is 32.2. The molecule has 3 aromatic carbocycles. The first-order valence-corrected chi connectivity index (χ1v) is 14.1. The average Bonchev–Trinajstić information content (AvgIpc) is 3.01.